The van der Waals surface area contributed by atoms with Gasteiger partial charge in [-0.05, 0) is 31.3 Å². The van der Waals surface area contributed by atoms with Crippen molar-refractivity contribution in [1.29, 1.82) is 0 Å². The molecule has 3 aliphatic rings. The molecular formula is C21H30NO4+. The zero-order chi connectivity index (χ0) is 19.4. The Morgan fingerprint density at radius 2 is 2.04 bits per heavy atom. The van der Waals surface area contributed by atoms with E-state index in [1.165, 1.54) is 0 Å². The van der Waals surface area contributed by atoms with Gasteiger partial charge in [0.05, 0.1) is 11.2 Å². The zero-order valence-corrected chi connectivity index (χ0v) is 16.3. The maximum Gasteiger partial charge on any atom is 0.363 e. The molecule has 2 aliphatic carbocycles. The van der Waals surface area contributed by atoms with Crippen molar-refractivity contribution in [3.63, 3.8) is 0 Å². The van der Waals surface area contributed by atoms with Crippen molar-refractivity contribution in [1.82, 2.24) is 0 Å². The van der Waals surface area contributed by atoms with E-state index >= 15 is 0 Å². The fraction of sp³-hybridized carbons (Fsp3) is 0.619. The number of allylic oxidation sites excluding steroid dienone is 1. The van der Waals surface area contributed by atoms with E-state index in [0.29, 0.717) is 23.3 Å². The molecule has 1 aliphatic heterocycles. The van der Waals surface area contributed by atoms with Gasteiger partial charge in [0.25, 0.3) is 0 Å². The minimum Gasteiger partial charge on any atom is -0.477 e. The quantitative estimate of drug-likeness (QED) is 0.710. The van der Waals surface area contributed by atoms with Crippen molar-refractivity contribution < 1.29 is 24.7 Å². The highest BCUT2D eigenvalue weighted by atomic mass is 16.4. The summed E-state index contributed by atoms with van der Waals surface area (Å²) in [5, 5.41) is 20.9. The maximum absolute atomic E-state index is 13.1. The van der Waals surface area contributed by atoms with Crippen LogP contribution in [0.25, 0.3) is 0 Å². The summed E-state index contributed by atoms with van der Waals surface area (Å²) >= 11 is 0. The Bertz CT molecular complexity index is 741. The van der Waals surface area contributed by atoms with E-state index in [2.05, 4.69) is 13.8 Å². The Labute approximate surface area is 155 Å². The number of hydrogen-bond acceptors (Lipinski definition) is 3. The van der Waals surface area contributed by atoms with Gasteiger partial charge in [0, 0.05) is 23.0 Å². The van der Waals surface area contributed by atoms with Crippen molar-refractivity contribution in [3.8, 4) is 0 Å². The second-order valence-corrected chi connectivity index (χ2v) is 8.98. The molecule has 0 radical (unpaired) electrons. The van der Waals surface area contributed by atoms with E-state index in [1.807, 2.05) is 26.0 Å². The molecule has 26 heavy (non-hydrogen) atoms. The third kappa shape index (κ3) is 2.87. The molecule has 0 amide bonds. The minimum atomic E-state index is -1.10. The Balaban J connectivity index is 2.04. The van der Waals surface area contributed by atoms with Gasteiger partial charge in [-0.3, -0.25) is 9.69 Å². The Morgan fingerprint density at radius 1 is 1.38 bits per heavy atom. The number of hydrogen-bond donors (Lipinski definition) is 3. The molecule has 0 aromatic carbocycles. The summed E-state index contributed by atoms with van der Waals surface area (Å²) in [6.07, 6.45) is 7.12. The molecule has 142 valence electrons. The van der Waals surface area contributed by atoms with Crippen LogP contribution in [0.1, 0.15) is 47.5 Å². The number of fused-ring (bicyclic) bond motifs is 2. The average molecular weight is 360 g/mol. The first-order chi connectivity index (χ1) is 12.0. The van der Waals surface area contributed by atoms with Crippen LogP contribution in [0.4, 0.5) is 0 Å². The lowest BCUT2D eigenvalue weighted by Crippen LogP contribution is -3.14. The lowest BCUT2D eigenvalue weighted by Gasteiger charge is -2.42. The largest absolute Gasteiger partial charge is 0.477 e. The van der Waals surface area contributed by atoms with E-state index in [-0.39, 0.29) is 23.0 Å². The number of carbonyl (C=O) groups is 2. The summed E-state index contributed by atoms with van der Waals surface area (Å²) in [7, 11) is 0. The molecule has 1 saturated carbocycles. The average Bonchev–Trinajstić information content (AvgIpc) is 2.89. The standard InChI is InChI=1S/C21H29NO4/c1-6-12(2)17(19(24)25)22-8-7-15-14(11-22)18(23)13-9-20(3,4)10-16(13)21(15,5)26/h7,9,11-12,16-17,26H,6,8,10H2,1-5H3,(H,24,25)/p+1. The number of carboxylic acid groups (broad SMARTS) is 1. The summed E-state index contributed by atoms with van der Waals surface area (Å²) in [5.41, 5.74) is 0.603. The van der Waals surface area contributed by atoms with Crippen LogP contribution in [0, 0.1) is 17.3 Å². The van der Waals surface area contributed by atoms with Gasteiger partial charge < -0.3 is 10.2 Å². The van der Waals surface area contributed by atoms with Gasteiger partial charge in [-0.1, -0.05) is 33.8 Å². The van der Waals surface area contributed by atoms with Crippen LogP contribution in [0.3, 0.4) is 0 Å². The zero-order valence-electron chi connectivity index (χ0n) is 16.3. The third-order valence-corrected chi connectivity index (χ3v) is 6.42. The number of aliphatic hydroxyl groups is 1. The van der Waals surface area contributed by atoms with Gasteiger partial charge >= 0.3 is 5.97 Å². The van der Waals surface area contributed by atoms with Crippen LogP contribution in [-0.4, -0.2) is 40.2 Å². The SMILES string of the molecule is CCC(C)C(C(=O)O)[NH+]1C=C2C(=O)C3=CC(C)(C)CC3C(C)(O)C2=CC1. The Hall–Kier alpha value is -1.72. The van der Waals surface area contributed by atoms with E-state index < -0.39 is 17.6 Å². The smallest absolute Gasteiger partial charge is 0.363 e. The molecule has 0 spiro atoms. The van der Waals surface area contributed by atoms with Crippen LogP contribution in [0.5, 0.6) is 0 Å². The van der Waals surface area contributed by atoms with Crippen LogP contribution in [-0.2, 0) is 9.59 Å². The molecule has 5 heteroatoms. The van der Waals surface area contributed by atoms with Crippen molar-refractivity contribution in [2.24, 2.45) is 17.3 Å². The predicted octanol–water partition coefficient (Wildman–Crippen LogP) is 1.50. The monoisotopic (exact) mass is 360 g/mol. The molecule has 0 bridgehead atoms. The van der Waals surface area contributed by atoms with Gasteiger partial charge in [-0.15, -0.1) is 0 Å². The van der Waals surface area contributed by atoms with Gasteiger partial charge in [0.15, 0.2) is 11.8 Å². The van der Waals surface area contributed by atoms with E-state index in [4.69, 9.17) is 0 Å². The number of aliphatic carboxylic acids is 1. The number of quaternary nitrogens is 1. The van der Waals surface area contributed by atoms with Crippen LogP contribution >= 0.6 is 0 Å². The summed E-state index contributed by atoms with van der Waals surface area (Å²) in [6.45, 7) is 10.3. The summed E-state index contributed by atoms with van der Waals surface area (Å²) < 4.78 is 0. The fourth-order valence-electron chi connectivity index (χ4n) is 4.82. The highest BCUT2D eigenvalue weighted by Crippen LogP contribution is 2.52. The lowest BCUT2D eigenvalue weighted by molar-refractivity contribution is -0.864. The maximum atomic E-state index is 13.1. The normalized spacial score (nSPS) is 34.8. The molecule has 5 unspecified atom stereocenters. The highest BCUT2D eigenvalue weighted by molar-refractivity contribution is 6.14. The van der Waals surface area contributed by atoms with E-state index in [9.17, 15) is 19.8 Å². The second-order valence-electron chi connectivity index (χ2n) is 8.98. The van der Waals surface area contributed by atoms with E-state index in [1.54, 1.807) is 13.1 Å². The molecule has 1 heterocycles. The first-order valence-electron chi connectivity index (χ1n) is 9.50. The molecule has 0 saturated heterocycles. The molecule has 3 N–H and O–H groups in total. The molecule has 0 aromatic heterocycles. The van der Waals surface area contributed by atoms with Crippen molar-refractivity contribution in [2.75, 3.05) is 6.54 Å². The fourth-order valence-corrected chi connectivity index (χ4v) is 4.82. The number of ketones is 1. The highest BCUT2D eigenvalue weighted by Gasteiger charge is 2.54. The Kier molecular flexibility index (Phi) is 4.52. The third-order valence-electron chi connectivity index (χ3n) is 6.42. The number of carbonyl (C=O) groups excluding carboxylic acids is 1. The topological polar surface area (TPSA) is 79.0 Å². The van der Waals surface area contributed by atoms with Crippen molar-refractivity contribution in [3.05, 3.63) is 35.1 Å². The summed E-state index contributed by atoms with van der Waals surface area (Å²) in [5.74, 6) is -1.10. The van der Waals surface area contributed by atoms with Gasteiger partial charge in [0.1, 0.15) is 12.7 Å². The predicted molar refractivity (Wildman–Crippen MR) is 98.5 cm³/mol. The summed E-state index contributed by atoms with van der Waals surface area (Å²) in [4.78, 5) is 25.7. The number of nitrogens with one attached hydrogen (secondary N) is 1. The summed E-state index contributed by atoms with van der Waals surface area (Å²) in [6, 6.07) is -0.602. The minimum absolute atomic E-state index is 0.00844. The first-order valence-corrected chi connectivity index (χ1v) is 9.50. The van der Waals surface area contributed by atoms with Crippen LogP contribution < -0.4 is 4.90 Å². The van der Waals surface area contributed by atoms with Gasteiger partial charge in [-0.25, -0.2) is 4.79 Å². The van der Waals surface area contributed by atoms with Gasteiger partial charge in [0.2, 0.25) is 0 Å². The lowest BCUT2D eigenvalue weighted by atomic mass is 9.67. The number of Topliss-reactive ketones (excluding diaryl/α,β-unsaturated/α-hetero) is 1. The molecule has 1 fully saturated rings. The number of carboxylic acids is 1. The first kappa shape index (κ1) is 19.1. The molecule has 3 rings (SSSR count). The van der Waals surface area contributed by atoms with Crippen molar-refractivity contribution in [2.45, 2.75) is 59.1 Å². The molecule has 5 nitrogen and oxygen atoms in total. The number of rotatable bonds is 4. The van der Waals surface area contributed by atoms with Crippen LogP contribution in [0.2, 0.25) is 0 Å². The van der Waals surface area contributed by atoms with Crippen LogP contribution in [0.15, 0.2) is 35.1 Å². The molecule has 5 atom stereocenters. The van der Waals surface area contributed by atoms with Crippen molar-refractivity contribution >= 4 is 11.8 Å². The van der Waals surface area contributed by atoms with E-state index in [0.717, 1.165) is 17.7 Å². The Morgan fingerprint density at radius 3 is 2.62 bits per heavy atom. The molecule has 0 aromatic rings. The molecular weight excluding hydrogens is 330 g/mol. The van der Waals surface area contributed by atoms with Gasteiger partial charge in [-0.2, -0.15) is 0 Å². The second kappa shape index (κ2) is 6.17.